The third kappa shape index (κ3) is 7.44. The predicted octanol–water partition coefficient (Wildman–Crippen LogP) is 1.43. The maximum Gasteiger partial charge on any atom is 0.370 e. The lowest BCUT2D eigenvalue weighted by atomic mass is 10.2. The van der Waals surface area contributed by atoms with Crippen molar-refractivity contribution in [3.8, 4) is 0 Å². The van der Waals surface area contributed by atoms with E-state index in [1.807, 2.05) is 0 Å². The van der Waals surface area contributed by atoms with Crippen LogP contribution >= 0.6 is 0 Å². The standard InChI is InChI=1S/C11H22N2O4S2/c1-11(2,3)19(16,17)9-7-5-4-6-8-18(14,15)10-13-12/h10H,4-9H2,1-3H3. The van der Waals surface area contributed by atoms with E-state index in [2.05, 4.69) is 4.79 Å². The first-order valence-electron chi connectivity index (χ1n) is 6.14. The molecular formula is C11H22N2O4S2. The molecule has 0 heterocycles. The highest BCUT2D eigenvalue weighted by molar-refractivity contribution is 8.04. The lowest BCUT2D eigenvalue weighted by molar-refractivity contribution is 0.00754. The van der Waals surface area contributed by atoms with Crippen molar-refractivity contribution in [3.63, 3.8) is 0 Å². The molecule has 0 saturated carbocycles. The molecular weight excluding hydrogens is 288 g/mol. The van der Waals surface area contributed by atoms with Crippen LogP contribution in [0.25, 0.3) is 5.53 Å². The van der Waals surface area contributed by atoms with Crippen LogP contribution in [0, 0.1) is 0 Å². The molecule has 0 aromatic rings. The Morgan fingerprint density at radius 3 is 1.84 bits per heavy atom. The molecule has 0 aliphatic carbocycles. The van der Waals surface area contributed by atoms with Crippen LogP contribution in [0.15, 0.2) is 0 Å². The fraction of sp³-hybridized carbons (Fsp3) is 0.909. The minimum Gasteiger partial charge on any atom is -0.361 e. The van der Waals surface area contributed by atoms with E-state index in [-0.39, 0.29) is 11.5 Å². The van der Waals surface area contributed by atoms with Crippen LogP contribution in [-0.2, 0) is 19.7 Å². The van der Waals surface area contributed by atoms with Crippen molar-refractivity contribution in [2.45, 2.75) is 51.2 Å². The van der Waals surface area contributed by atoms with E-state index in [9.17, 15) is 16.8 Å². The smallest absolute Gasteiger partial charge is 0.361 e. The zero-order valence-corrected chi connectivity index (χ0v) is 13.3. The molecule has 0 amide bonds. The molecule has 0 radical (unpaired) electrons. The van der Waals surface area contributed by atoms with Gasteiger partial charge in [0.25, 0.3) is 0 Å². The highest BCUT2D eigenvalue weighted by atomic mass is 32.2. The van der Waals surface area contributed by atoms with E-state index < -0.39 is 24.4 Å². The second-order valence-electron chi connectivity index (χ2n) is 5.43. The van der Waals surface area contributed by atoms with Crippen LogP contribution in [0.5, 0.6) is 0 Å². The van der Waals surface area contributed by atoms with E-state index in [1.54, 1.807) is 20.8 Å². The summed E-state index contributed by atoms with van der Waals surface area (Å²) in [5.74, 6) is 0.0461. The summed E-state index contributed by atoms with van der Waals surface area (Å²) in [7, 11) is -6.52. The minimum absolute atomic E-state index is 0.0803. The Bertz CT molecular complexity index is 524. The number of hydrogen-bond donors (Lipinski definition) is 0. The van der Waals surface area contributed by atoms with Gasteiger partial charge in [-0.3, -0.25) is 0 Å². The summed E-state index contributed by atoms with van der Waals surface area (Å²) in [4.78, 5) is 2.49. The summed E-state index contributed by atoms with van der Waals surface area (Å²) < 4.78 is 45.1. The molecule has 0 aliphatic rings. The molecule has 0 fully saturated rings. The molecule has 0 aromatic carbocycles. The molecule has 0 unspecified atom stereocenters. The topological polar surface area (TPSA) is 105 Å². The van der Waals surface area contributed by atoms with Crippen molar-refractivity contribution in [1.29, 1.82) is 0 Å². The van der Waals surface area contributed by atoms with Gasteiger partial charge in [-0.1, -0.05) is 12.8 Å². The van der Waals surface area contributed by atoms with Gasteiger partial charge in [0.2, 0.25) is 9.84 Å². The average molecular weight is 310 g/mol. The van der Waals surface area contributed by atoms with E-state index in [0.29, 0.717) is 31.2 Å². The van der Waals surface area contributed by atoms with Crippen LogP contribution in [0.1, 0.15) is 46.5 Å². The number of unbranched alkanes of at least 4 members (excludes halogenated alkanes) is 3. The first kappa shape index (κ1) is 18.3. The van der Waals surface area contributed by atoms with Gasteiger partial charge >= 0.3 is 5.55 Å². The fourth-order valence-corrected chi connectivity index (χ4v) is 3.43. The summed E-state index contributed by atoms with van der Waals surface area (Å²) in [6.07, 6.45) is 2.27. The third-order valence-corrected chi connectivity index (χ3v) is 6.70. The lowest BCUT2D eigenvalue weighted by Crippen LogP contribution is -2.30. The van der Waals surface area contributed by atoms with Crippen LogP contribution in [0.4, 0.5) is 0 Å². The second-order valence-corrected chi connectivity index (χ2v) is 10.2. The summed E-state index contributed by atoms with van der Waals surface area (Å²) in [5.41, 5.74) is 8.66. The van der Waals surface area contributed by atoms with E-state index in [4.69, 9.17) is 5.53 Å². The Kier molecular flexibility index (Phi) is 6.89. The Labute approximate surface area is 115 Å². The quantitative estimate of drug-likeness (QED) is 0.222. The first-order valence-corrected chi connectivity index (χ1v) is 9.51. The van der Waals surface area contributed by atoms with Gasteiger partial charge in [-0.2, -0.15) is 4.79 Å². The van der Waals surface area contributed by atoms with Gasteiger partial charge in [-0.25, -0.2) is 16.8 Å². The maximum atomic E-state index is 11.8. The molecule has 6 nitrogen and oxygen atoms in total. The monoisotopic (exact) mass is 310 g/mol. The highest BCUT2D eigenvalue weighted by Gasteiger charge is 2.27. The zero-order valence-electron chi connectivity index (χ0n) is 11.7. The molecule has 0 rings (SSSR count). The van der Waals surface area contributed by atoms with Crippen molar-refractivity contribution < 1.29 is 21.6 Å². The minimum atomic E-state index is -3.43. The molecule has 0 aliphatic heterocycles. The van der Waals surface area contributed by atoms with Crippen LogP contribution in [-0.4, -0.2) is 43.4 Å². The van der Waals surface area contributed by atoms with Crippen molar-refractivity contribution >= 4 is 25.2 Å². The molecule has 0 saturated heterocycles. The van der Waals surface area contributed by atoms with Crippen LogP contribution in [0.3, 0.4) is 0 Å². The molecule has 0 spiro atoms. The molecule has 112 valence electrons. The van der Waals surface area contributed by atoms with E-state index >= 15 is 0 Å². The Morgan fingerprint density at radius 2 is 1.42 bits per heavy atom. The second kappa shape index (κ2) is 7.17. The Morgan fingerprint density at radius 1 is 0.947 bits per heavy atom. The summed E-state index contributed by atoms with van der Waals surface area (Å²) in [6, 6.07) is 0. The van der Waals surface area contributed by atoms with Gasteiger partial charge in [0.1, 0.15) is 0 Å². The zero-order chi connectivity index (χ0) is 15.2. The number of nitrogens with zero attached hydrogens (tertiary/aromatic N) is 2. The number of rotatable bonds is 8. The van der Waals surface area contributed by atoms with Crippen molar-refractivity contribution in [1.82, 2.24) is 0 Å². The SMILES string of the molecule is CC(C)(C)S(=O)(=O)CCCCCCS(=O)(=O)C=[N+]=[N-]. The Balaban J connectivity index is 3.94. The van der Waals surface area contributed by atoms with Gasteiger partial charge in [0.15, 0.2) is 9.84 Å². The van der Waals surface area contributed by atoms with Gasteiger partial charge in [0, 0.05) is 0 Å². The molecule has 0 bridgehead atoms. The molecule has 8 heteroatoms. The van der Waals surface area contributed by atoms with Gasteiger partial charge in [-0.15, -0.1) is 0 Å². The third-order valence-electron chi connectivity index (χ3n) is 2.73. The predicted molar refractivity (Wildman–Crippen MR) is 75.5 cm³/mol. The molecule has 0 N–H and O–H groups in total. The van der Waals surface area contributed by atoms with E-state index in [0.717, 1.165) is 0 Å². The normalized spacial score (nSPS) is 13.0. The molecule has 19 heavy (non-hydrogen) atoms. The number of sulfone groups is 2. The van der Waals surface area contributed by atoms with Crippen LogP contribution in [0.2, 0.25) is 0 Å². The highest BCUT2D eigenvalue weighted by Crippen LogP contribution is 2.17. The van der Waals surface area contributed by atoms with Crippen molar-refractivity contribution in [2.75, 3.05) is 11.5 Å². The largest absolute Gasteiger partial charge is 0.370 e. The number of hydrogen-bond acceptors (Lipinski definition) is 4. The van der Waals surface area contributed by atoms with E-state index in [1.165, 1.54) is 0 Å². The molecule has 0 aromatic heterocycles. The molecule has 0 atom stereocenters. The van der Waals surface area contributed by atoms with Crippen molar-refractivity contribution in [3.05, 3.63) is 5.53 Å². The maximum absolute atomic E-state index is 11.8. The summed E-state index contributed by atoms with van der Waals surface area (Å²) in [6.45, 7) is 5.01. The lowest BCUT2D eigenvalue weighted by Gasteiger charge is -2.18. The summed E-state index contributed by atoms with van der Waals surface area (Å²) >= 11 is 0. The Hall–Kier alpha value is -0.720. The van der Waals surface area contributed by atoms with Gasteiger partial charge in [-0.05, 0) is 33.6 Å². The first-order chi connectivity index (χ1) is 8.52. The van der Waals surface area contributed by atoms with Crippen LogP contribution < -0.4 is 0 Å². The van der Waals surface area contributed by atoms with Gasteiger partial charge < -0.3 is 5.53 Å². The van der Waals surface area contributed by atoms with Gasteiger partial charge in [0.05, 0.1) is 16.3 Å². The fourth-order valence-electron chi connectivity index (χ4n) is 1.38. The summed E-state index contributed by atoms with van der Waals surface area (Å²) in [5, 5.41) is 0. The average Bonchev–Trinajstić information content (AvgIpc) is 2.21. The van der Waals surface area contributed by atoms with Crippen molar-refractivity contribution in [2.24, 2.45) is 0 Å².